The van der Waals surface area contributed by atoms with E-state index >= 15 is 0 Å². The van der Waals surface area contributed by atoms with E-state index in [4.69, 9.17) is 0 Å². The van der Waals surface area contributed by atoms with Crippen LogP contribution in [0.5, 0.6) is 0 Å². The third-order valence-electron chi connectivity index (χ3n) is 5.07. The largest absolute Gasteiger partial charge is 0.339 e. The van der Waals surface area contributed by atoms with E-state index in [0.717, 1.165) is 17.7 Å². The van der Waals surface area contributed by atoms with Crippen molar-refractivity contribution in [2.24, 2.45) is 0 Å². The van der Waals surface area contributed by atoms with Gasteiger partial charge in [-0.05, 0) is 37.5 Å². The van der Waals surface area contributed by atoms with Crippen LogP contribution in [0, 0.1) is 6.92 Å². The molecule has 1 saturated heterocycles. The Hall–Kier alpha value is -2.27. The summed E-state index contributed by atoms with van der Waals surface area (Å²) < 4.78 is 0. The van der Waals surface area contributed by atoms with Crippen LogP contribution in [0.2, 0.25) is 0 Å². The van der Waals surface area contributed by atoms with E-state index in [9.17, 15) is 9.59 Å². The maximum absolute atomic E-state index is 12.4. The standard InChI is InChI=1S/C23H28N2O2S/c1-19-10-12-21(13-11-19)28-18-23(27)25-16-14-24(15-17-25)22(26)9-5-8-20-6-3-2-4-7-20/h2-4,6-7,10-13H,5,8-9,14-18H2,1H3. The summed E-state index contributed by atoms with van der Waals surface area (Å²) >= 11 is 1.58. The van der Waals surface area contributed by atoms with Gasteiger partial charge in [0.15, 0.2) is 0 Å². The molecule has 0 N–H and O–H groups in total. The quantitative estimate of drug-likeness (QED) is 0.669. The minimum absolute atomic E-state index is 0.154. The van der Waals surface area contributed by atoms with Gasteiger partial charge in [0, 0.05) is 37.5 Å². The number of hydrogen-bond acceptors (Lipinski definition) is 3. The number of piperazine rings is 1. The van der Waals surface area contributed by atoms with Crippen molar-refractivity contribution in [2.75, 3.05) is 31.9 Å². The number of thioether (sulfide) groups is 1. The molecular formula is C23H28N2O2S. The first kappa shape index (κ1) is 20.5. The molecule has 0 spiro atoms. The zero-order chi connectivity index (χ0) is 19.8. The van der Waals surface area contributed by atoms with Gasteiger partial charge >= 0.3 is 0 Å². The van der Waals surface area contributed by atoms with Gasteiger partial charge in [-0.25, -0.2) is 0 Å². The zero-order valence-corrected chi connectivity index (χ0v) is 17.3. The van der Waals surface area contributed by atoms with Crippen LogP contribution in [-0.2, 0) is 16.0 Å². The number of aryl methyl sites for hydroxylation is 2. The first-order chi connectivity index (χ1) is 13.6. The molecule has 1 heterocycles. The van der Waals surface area contributed by atoms with Crippen LogP contribution in [0.15, 0.2) is 59.5 Å². The summed E-state index contributed by atoms with van der Waals surface area (Å²) in [6, 6.07) is 18.5. The SMILES string of the molecule is Cc1ccc(SCC(=O)N2CCN(C(=O)CCCc3ccccc3)CC2)cc1. The second-order valence-corrected chi connectivity index (χ2v) is 8.25. The van der Waals surface area contributed by atoms with Crippen LogP contribution in [0.1, 0.15) is 24.0 Å². The number of rotatable bonds is 7. The van der Waals surface area contributed by atoms with Crippen molar-refractivity contribution in [1.82, 2.24) is 9.80 Å². The Kier molecular flexibility index (Phi) is 7.54. The van der Waals surface area contributed by atoms with Gasteiger partial charge in [-0.1, -0.05) is 48.0 Å². The molecule has 2 amide bonds. The minimum atomic E-state index is 0.154. The van der Waals surface area contributed by atoms with E-state index in [1.807, 2.05) is 28.0 Å². The Morgan fingerprint density at radius 2 is 1.46 bits per heavy atom. The van der Waals surface area contributed by atoms with Gasteiger partial charge < -0.3 is 9.80 Å². The number of nitrogens with zero attached hydrogens (tertiary/aromatic N) is 2. The Morgan fingerprint density at radius 1 is 0.857 bits per heavy atom. The fourth-order valence-electron chi connectivity index (χ4n) is 3.32. The monoisotopic (exact) mass is 396 g/mol. The van der Waals surface area contributed by atoms with Crippen molar-refractivity contribution in [1.29, 1.82) is 0 Å². The first-order valence-corrected chi connectivity index (χ1v) is 10.9. The number of amides is 2. The van der Waals surface area contributed by atoms with Crippen LogP contribution in [0.25, 0.3) is 0 Å². The lowest BCUT2D eigenvalue weighted by Crippen LogP contribution is -2.51. The third-order valence-corrected chi connectivity index (χ3v) is 6.06. The maximum Gasteiger partial charge on any atom is 0.233 e. The van der Waals surface area contributed by atoms with Crippen molar-refractivity contribution < 1.29 is 9.59 Å². The molecular weight excluding hydrogens is 368 g/mol. The Morgan fingerprint density at radius 3 is 2.11 bits per heavy atom. The highest BCUT2D eigenvalue weighted by atomic mass is 32.2. The molecule has 0 atom stereocenters. The van der Waals surface area contributed by atoms with Crippen molar-refractivity contribution in [3.63, 3.8) is 0 Å². The Labute approximate surface area is 171 Å². The molecule has 1 aliphatic rings. The molecule has 0 unspecified atom stereocenters. The van der Waals surface area contributed by atoms with E-state index in [2.05, 4.69) is 43.3 Å². The fraction of sp³-hybridized carbons (Fsp3) is 0.391. The fourth-order valence-corrected chi connectivity index (χ4v) is 4.12. The lowest BCUT2D eigenvalue weighted by Gasteiger charge is -2.35. The molecule has 1 aliphatic heterocycles. The second-order valence-electron chi connectivity index (χ2n) is 7.20. The maximum atomic E-state index is 12.4. The van der Waals surface area contributed by atoms with Gasteiger partial charge in [-0.15, -0.1) is 11.8 Å². The summed E-state index contributed by atoms with van der Waals surface area (Å²) in [4.78, 5) is 29.8. The normalized spacial score (nSPS) is 14.2. The van der Waals surface area contributed by atoms with Crippen LogP contribution >= 0.6 is 11.8 Å². The highest BCUT2D eigenvalue weighted by molar-refractivity contribution is 8.00. The average Bonchev–Trinajstić information content (AvgIpc) is 2.74. The van der Waals surface area contributed by atoms with Crippen LogP contribution < -0.4 is 0 Å². The number of carbonyl (C=O) groups is 2. The molecule has 0 bridgehead atoms. The molecule has 4 nitrogen and oxygen atoms in total. The highest BCUT2D eigenvalue weighted by Gasteiger charge is 2.23. The molecule has 28 heavy (non-hydrogen) atoms. The lowest BCUT2D eigenvalue weighted by molar-refractivity contribution is -0.138. The third kappa shape index (κ3) is 6.13. The summed E-state index contributed by atoms with van der Waals surface area (Å²) in [6.07, 6.45) is 2.38. The highest BCUT2D eigenvalue weighted by Crippen LogP contribution is 2.19. The minimum Gasteiger partial charge on any atom is -0.339 e. The van der Waals surface area contributed by atoms with E-state index in [1.165, 1.54) is 11.1 Å². The van der Waals surface area contributed by atoms with Crippen molar-refractivity contribution in [3.8, 4) is 0 Å². The molecule has 1 fully saturated rings. The summed E-state index contributed by atoms with van der Waals surface area (Å²) in [5, 5.41) is 0. The number of benzene rings is 2. The second kappa shape index (κ2) is 10.3. The Balaban J connectivity index is 1.35. The van der Waals surface area contributed by atoms with Gasteiger partial charge in [0.2, 0.25) is 11.8 Å². The summed E-state index contributed by atoms with van der Waals surface area (Å²) in [7, 11) is 0. The van der Waals surface area contributed by atoms with Crippen LogP contribution in [0.3, 0.4) is 0 Å². The molecule has 2 aromatic carbocycles. The molecule has 0 saturated carbocycles. The topological polar surface area (TPSA) is 40.6 Å². The van der Waals surface area contributed by atoms with E-state index in [0.29, 0.717) is 38.4 Å². The molecule has 148 valence electrons. The van der Waals surface area contributed by atoms with Gasteiger partial charge in [0.05, 0.1) is 5.75 Å². The molecule has 0 aromatic heterocycles. The smallest absolute Gasteiger partial charge is 0.233 e. The predicted molar refractivity (Wildman–Crippen MR) is 114 cm³/mol. The Bertz CT molecular complexity index is 769. The zero-order valence-electron chi connectivity index (χ0n) is 16.5. The van der Waals surface area contributed by atoms with Gasteiger partial charge in [0.1, 0.15) is 0 Å². The van der Waals surface area contributed by atoms with Crippen LogP contribution in [-0.4, -0.2) is 53.5 Å². The van der Waals surface area contributed by atoms with Crippen molar-refractivity contribution in [2.45, 2.75) is 31.1 Å². The summed E-state index contributed by atoms with van der Waals surface area (Å²) in [6.45, 7) is 4.62. The van der Waals surface area contributed by atoms with Gasteiger partial charge in [-0.3, -0.25) is 9.59 Å². The summed E-state index contributed by atoms with van der Waals surface area (Å²) in [5.41, 5.74) is 2.50. The number of carbonyl (C=O) groups excluding carboxylic acids is 2. The first-order valence-electron chi connectivity index (χ1n) is 9.91. The van der Waals surface area contributed by atoms with Gasteiger partial charge in [0.25, 0.3) is 0 Å². The lowest BCUT2D eigenvalue weighted by atomic mass is 10.1. The molecule has 0 aliphatic carbocycles. The predicted octanol–water partition coefficient (Wildman–Crippen LogP) is 3.78. The molecule has 3 rings (SSSR count). The summed E-state index contributed by atoms with van der Waals surface area (Å²) in [5.74, 6) is 0.812. The van der Waals surface area contributed by atoms with E-state index in [-0.39, 0.29) is 11.8 Å². The number of hydrogen-bond donors (Lipinski definition) is 0. The van der Waals surface area contributed by atoms with Crippen molar-refractivity contribution >= 4 is 23.6 Å². The van der Waals surface area contributed by atoms with Gasteiger partial charge in [-0.2, -0.15) is 0 Å². The molecule has 2 aromatic rings. The molecule has 0 radical (unpaired) electrons. The van der Waals surface area contributed by atoms with E-state index < -0.39 is 0 Å². The van der Waals surface area contributed by atoms with Crippen LogP contribution in [0.4, 0.5) is 0 Å². The molecule has 5 heteroatoms. The average molecular weight is 397 g/mol. The van der Waals surface area contributed by atoms with E-state index in [1.54, 1.807) is 11.8 Å². The van der Waals surface area contributed by atoms with Crippen molar-refractivity contribution in [3.05, 3.63) is 65.7 Å².